The van der Waals surface area contributed by atoms with E-state index in [1.165, 1.54) is 25.7 Å². The molecule has 1 saturated carbocycles. The SMILES string of the molecule is CCCNC(=O)CN1CCCC(CNC2CC2)C1. The van der Waals surface area contributed by atoms with Gasteiger partial charge in [-0.05, 0) is 51.1 Å². The first-order chi connectivity index (χ1) is 8.78. The zero-order valence-corrected chi connectivity index (χ0v) is 11.6. The van der Waals surface area contributed by atoms with Crippen LogP contribution >= 0.6 is 0 Å². The molecule has 0 aromatic carbocycles. The van der Waals surface area contributed by atoms with Gasteiger partial charge in [0.15, 0.2) is 0 Å². The van der Waals surface area contributed by atoms with Crippen LogP contribution in [0.25, 0.3) is 0 Å². The van der Waals surface area contributed by atoms with Gasteiger partial charge in [0.2, 0.25) is 5.91 Å². The van der Waals surface area contributed by atoms with E-state index in [4.69, 9.17) is 0 Å². The van der Waals surface area contributed by atoms with Crippen LogP contribution in [-0.4, -0.2) is 49.6 Å². The molecule has 1 aliphatic heterocycles. The zero-order valence-electron chi connectivity index (χ0n) is 11.6. The van der Waals surface area contributed by atoms with E-state index in [0.29, 0.717) is 6.54 Å². The zero-order chi connectivity index (χ0) is 12.8. The predicted molar refractivity (Wildman–Crippen MR) is 73.5 cm³/mol. The quantitative estimate of drug-likeness (QED) is 0.711. The number of amides is 1. The fourth-order valence-corrected chi connectivity index (χ4v) is 2.61. The van der Waals surface area contributed by atoms with Crippen molar-refractivity contribution >= 4 is 5.91 Å². The maximum absolute atomic E-state index is 11.7. The van der Waals surface area contributed by atoms with Gasteiger partial charge in [0, 0.05) is 19.1 Å². The first kappa shape index (κ1) is 13.8. The van der Waals surface area contributed by atoms with Crippen molar-refractivity contribution in [1.82, 2.24) is 15.5 Å². The summed E-state index contributed by atoms with van der Waals surface area (Å²) in [4.78, 5) is 14.0. The summed E-state index contributed by atoms with van der Waals surface area (Å²) in [7, 11) is 0. The number of piperidine rings is 1. The fourth-order valence-electron chi connectivity index (χ4n) is 2.61. The smallest absolute Gasteiger partial charge is 0.234 e. The van der Waals surface area contributed by atoms with Gasteiger partial charge >= 0.3 is 0 Å². The first-order valence-corrected chi connectivity index (χ1v) is 7.50. The molecule has 104 valence electrons. The molecule has 2 N–H and O–H groups in total. The number of rotatable bonds is 7. The molecule has 0 spiro atoms. The van der Waals surface area contributed by atoms with Gasteiger partial charge in [-0.15, -0.1) is 0 Å². The molecule has 2 fully saturated rings. The van der Waals surface area contributed by atoms with Crippen molar-refractivity contribution in [3.05, 3.63) is 0 Å². The Bertz CT molecular complexity index is 266. The summed E-state index contributed by atoms with van der Waals surface area (Å²) in [5.41, 5.74) is 0. The summed E-state index contributed by atoms with van der Waals surface area (Å²) >= 11 is 0. The third-order valence-electron chi connectivity index (χ3n) is 3.82. The average molecular weight is 253 g/mol. The van der Waals surface area contributed by atoms with Gasteiger partial charge in [0.05, 0.1) is 6.54 Å². The molecular weight excluding hydrogens is 226 g/mol. The second-order valence-electron chi connectivity index (χ2n) is 5.78. The summed E-state index contributed by atoms with van der Waals surface area (Å²) in [6.45, 7) is 6.77. The summed E-state index contributed by atoms with van der Waals surface area (Å²) in [5, 5.41) is 6.57. The van der Waals surface area contributed by atoms with E-state index >= 15 is 0 Å². The fraction of sp³-hybridized carbons (Fsp3) is 0.929. The van der Waals surface area contributed by atoms with Crippen LogP contribution in [0.4, 0.5) is 0 Å². The third kappa shape index (κ3) is 4.94. The molecule has 4 heteroatoms. The molecule has 2 rings (SSSR count). The van der Waals surface area contributed by atoms with Crippen molar-refractivity contribution in [2.24, 2.45) is 5.92 Å². The molecule has 0 radical (unpaired) electrons. The Kier molecular flexibility index (Phi) is 5.45. The van der Waals surface area contributed by atoms with Crippen LogP contribution in [0.15, 0.2) is 0 Å². The topological polar surface area (TPSA) is 44.4 Å². The molecule has 1 aliphatic carbocycles. The van der Waals surface area contributed by atoms with E-state index in [1.54, 1.807) is 0 Å². The molecule has 1 atom stereocenters. The standard InChI is InChI=1S/C14H27N3O/c1-2-7-15-14(18)11-17-8-3-4-12(10-17)9-16-13-5-6-13/h12-13,16H,2-11H2,1H3,(H,15,18). The van der Waals surface area contributed by atoms with Crippen molar-refractivity contribution in [3.63, 3.8) is 0 Å². The second-order valence-corrected chi connectivity index (χ2v) is 5.78. The minimum atomic E-state index is 0.188. The van der Waals surface area contributed by atoms with Gasteiger partial charge in [-0.1, -0.05) is 6.92 Å². The Hall–Kier alpha value is -0.610. The number of nitrogens with zero attached hydrogens (tertiary/aromatic N) is 1. The first-order valence-electron chi connectivity index (χ1n) is 7.50. The molecular formula is C14H27N3O. The van der Waals surface area contributed by atoms with Crippen molar-refractivity contribution in [3.8, 4) is 0 Å². The van der Waals surface area contributed by atoms with Gasteiger partial charge in [-0.3, -0.25) is 9.69 Å². The van der Waals surface area contributed by atoms with Crippen LogP contribution in [0.3, 0.4) is 0 Å². The number of likely N-dealkylation sites (tertiary alicyclic amines) is 1. The van der Waals surface area contributed by atoms with Crippen molar-refractivity contribution < 1.29 is 4.79 Å². The maximum Gasteiger partial charge on any atom is 0.234 e. The molecule has 1 saturated heterocycles. The third-order valence-corrected chi connectivity index (χ3v) is 3.82. The second kappa shape index (κ2) is 7.10. The van der Waals surface area contributed by atoms with Crippen molar-refractivity contribution in [2.45, 2.75) is 45.1 Å². The van der Waals surface area contributed by atoms with Crippen LogP contribution in [0.5, 0.6) is 0 Å². The number of carbonyl (C=O) groups excluding carboxylic acids is 1. The lowest BCUT2D eigenvalue weighted by Gasteiger charge is -2.32. The Morgan fingerprint density at radius 3 is 2.89 bits per heavy atom. The average Bonchev–Trinajstić information content (AvgIpc) is 3.18. The van der Waals surface area contributed by atoms with Gasteiger partial charge in [-0.2, -0.15) is 0 Å². The molecule has 1 heterocycles. The van der Waals surface area contributed by atoms with E-state index in [2.05, 4.69) is 22.5 Å². The molecule has 1 unspecified atom stereocenters. The summed E-state index contributed by atoms with van der Waals surface area (Å²) in [5.74, 6) is 0.922. The number of nitrogens with one attached hydrogen (secondary N) is 2. The maximum atomic E-state index is 11.7. The largest absolute Gasteiger partial charge is 0.355 e. The molecule has 0 bridgehead atoms. The Morgan fingerprint density at radius 2 is 2.17 bits per heavy atom. The molecule has 0 aromatic rings. The molecule has 18 heavy (non-hydrogen) atoms. The normalized spacial score (nSPS) is 25.1. The van der Waals surface area contributed by atoms with Crippen molar-refractivity contribution in [1.29, 1.82) is 0 Å². The highest BCUT2D eigenvalue weighted by atomic mass is 16.2. The van der Waals surface area contributed by atoms with Gasteiger partial charge in [-0.25, -0.2) is 0 Å². The van der Waals surface area contributed by atoms with Gasteiger partial charge in [0.25, 0.3) is 0 Å². The summed E-state index contributed by atoms with van der Waals surface area (Å²) in [6, 6.07) is 0.799. The van der Waals surface area contributed by atoms with Crippen LogP contribution in [0.2, 0.25) is 0 Å². The Morgan fingerprint density at radius 1 is 1.33 bits per heavy atom. The lowest BCUT2D eigenvalue weighted by Crippen LogP contribution is -2.44. The molecule has 1 amide bonds. The molecule has 4 nitrogen and oxygen atoms in total. The molecule has 2 aliphatic rings. The minimum Gasteiger partial charge on any atom is -0.355 e. The molecule has 0 aromatic heterocycles. The number of carbonyl (C=O) groups is 1. The lowest BCUT2D eigenvalue weighted by molar-refractivity contribution is -0.122. The van der Waals surface area contributed by atoms with E-state index in [-0.39, 0.29) is 5.91 Å². The highest BCUT2D eigenvalue weighted by Gasteiger charge is 2.25. The highest BCUT2D eigenvalue weighted by Crippen LogP contribution is 2.21. The van der Waals surface area contributed by atoms with Gasteiger partial charge in [0.1, 0.15) is 0 Å². The summed E-state index contributed by atoms with van der Waals surface area (Å²) < 4.78 is 0. The number of hydrogen-bond acceptors (Lipinski definition) is 3. The van der Waals surface area contributed by atoms with E-state index in [0.717, 1.165) is 44.6 Å². The van der Waals surface area contributed by atoms with E-state index in [1.807, 2.05) is 0 Å². The monoisotopic (exact) mass is 253 g/mol. The van der Waals surface area contributed by atoms with Crippen LogP contribution in [0.1, 0.15) is 39.0 Å². The van der Waals surface area contributed by atoms with Crippen LogP contribution in [-0.2, 0) is 4.79 Å². The summed E-state index contributed by atoms with van der Waals surface area (Å²) in [6.07, 6.45) is 6.27. The van der Waals surface area contributed by atoms with E-state index < -0.39 is 0 Å². The van der Waals surface area contributed by atoms with E-state index in [9.17, 15) is 4.79 Å². The van der Waals surface area contributed by atoms with Crippen molar-refractivity contribution in [2.75, 3.05) is 32.7 Å². The van der Waals surface area contributed by atoms with Gasteiger partial charge < -0.3 is 10.6 Å². The predicted octanol–water partition coefficient (Wildman–Crippen LogP) is 0.977. The van der Waals surface area contributed by atoms with Crippen LogP contribution in [0, 0.1) is 5.92 Å². The number of hydrogen-bond donors (Lipinski definition) is 2. The van der Waals surface area contributed by atoms with Crippen LogP contribution < -0.4 is 10.6 Å². The minimum absolute atomic E-state index is 0.188. The lowest BCUT2D eigenvalue weighted by atomic mass is 9.98. The Labute approximate surface area is 110 Å². The highest BCUT2D eigenvalue weighted by molar-refractivity contribution is 5.77. The Balaban J connectivity index is 1.63.